The Hall–Kier alpha value is -3.85. The van der Waals surface area contributed by atoms with Crippen LogP contribution in [-0.2, 0) is 26.2 Å². The highest BCUT2D eigenvalue weighted by atomic mass is 32.2. The van der Waals surface area contributed by atoms with E-state index in [1.807, 2.05) is 65.0 Å². The predicted octanol–water partition coefficient (Wildman–Crippen LogP) is 5.01. The average Bonchev–Trinajstić information content (AvgIpc) is 2.93. The fraction of sp³-hybridized carbons (Fsp3) is 0.375. The number of rotatable bonds is 12. The van der Waals surface area contributed by atoms with Crippen molar-refractivity contribution in [2.75, 3.05) is 24.5 Å². The van der Waals surface area contributed by atoms with E-state index in [4.69, 9.17) is 4.74 Å². The topological polar surface area (TPSA) is 96.0 Å². The molecule has 3 aromatic carbocycles. The van der Waals surface area contributed by atoms with Gasteiger partial charge in [-0.05, 0) is 74.6 Å². The van der Waals surface area contributed by atoms with Crippen molar-refractivity contribution in [1.82, 2.24) is 10.2 Å². The van der Waals surface area contributed by atoms with E-state index in [1.165, 1.54) is 24.1 Å². The van der Waals surface area contributed by atoms with Crippen molar-refractivity contribution in [3.05, 3.63) is 89.0 Å². The van der Waals surface area contributed by atoms with E-state index in [9.17, 15) is 18.0 Å². The van der Waals surface area contributed by atoms with Gasteiger partial charge in [-0.15, -0.1) is 0 Å². The van der Waals surface area contributed by atoms with E-state index >= 15 is 0 Å². The summed E-state index contributed by atoms with van der Waals surface area (Å²) in [4.78, 5) is 28.8. The number of benzene rings is 3. The van der Waals surface area contributed by atoms with Gasteiger partial charge < -0.3 is 15.0 Å². The molecule has 0 saturated carbocycles. The van der Waals surface area contributed by atoms with Gasteiger partial charge in [-0.1, -0.05) is 61.9 Å². The van der Waals surface area contributed by atoms with Crippen LogP contribution in [0.5, 0.6) is 5.75 Å². The highest BCUT2D eigenvalue weighted by Gasteiger charge is 2.34. The second-order valence-corrected chi connectivity index (χ2v) is 12.6. The second kappa shape index (κ2) is 13.7. The van der Waals surface area contributed by atoms with E-state index in [0.29, 0.717) is 12.3 Å². The van der Waals surface area contributed by atoms with Crippen LogP contribution in [0.15, 0.2) is 71.6 Å². The first-order chi connectivity index (χ1) is 19.3. The molecule has 0 bridgehead atoms. The molecular weight excluding hydrogens is 538 g/mol. The van der Waals surface area contributed by atoms with E-state index in [0.717, 1.165) is 26.6 Å². The molecule has 0 aliphatic rings. The maximum absolute atomic E-state index is 14.1. The fourth-order valence-electron chi connectivity index (χ4n) is 4.35. The molecule has 0 heterocycles. The maximum atomic E-state index is 14.1. The van der Waals surface area contributed by atoms with Crippen molar-refractivity contribution in [2.45, 2.75) is 59.0 Å². The van der Waals surface area contributed by atoms with Crippen molar-refractivity contribution in [3.8, 4) is 5.75 Å². The lowest BCUT2D eigenvalue weighted by Gasteiger charge is -2.33. The number of aryl methyl sites for hydroxylation is 3. The fourth-order valence-corrected chi connectivity index (χ4v) is 5.77. The van der Waals surface area contributed by atoms with Gasteiger partial charge in [0, 0.05) is 13.1 Å². The Morgan fingerprint density at radius 2 is 1.54 bits per heavy atom. The van der Waals surface area contributed by atoms with Gasteiger partial charge in [0.2, 0.25) is 11.8 Å². The summed E-state index contributed by atoms with van der Waals surface area (Å²) in [6.07, 6.45) is 0. The summed E-state index contributed by atoms with van der Waals surface area (Å²) < 4.78 is 34.8. The quantitative estimate of drug-likeness (QED) is 0.326. The summed E-state index contributed by atoms with van der Waals surface area (Å²) in [6, 6.07) is 18.4. The molecule has 2 amide bonds. The molecule has 41 heavy (non-hydrogen) atoms. The number of nitrogens with zero attached hydrogens (tertiary/aromatic N) is 2. The number of hydrogen-bond acceptors (Lipinski definition) is 5. The van der Waals surface area contributed by atoms with Crippen LogP contribution in [0, 0.1) is 26.7 Å². The van der Waals surface area contributed by atoms with Crippen LogP contribution < -0.4 is 14.4 Å². The second-order valence-electron chi connectivity index (χ2n) is 10.8. The number of sulfonamides is 1. The third-order valence-electron chi connectivity index (χ3n) is 6.94. The smallest absolute Gasteiger partial charge is 0.264 e. The van der Waals surface area contributed by atoms with Gasteiger partial charge in [0.05, 0.1) is 17.7 Å². The monoisotopic (exact) mass is 579 g/mol. The number of anilines is 1. The summed E-state index contributed by atoms with van der Waals surface area (Å²) >= 11 is 0. The number of nitrogens with one attached hydrogen (secondary N) is 1. The number of hydrogen-bond donors (Lipinski definition) is 1. The van der Waals surface area contributed by atoms with Gasteiger partial charge in [0.15, 0.2) is 0 Å². The molecule has 0 aromatic heterocycles. The van der Waals surface area contributed by atoms with Gasteiger partial charge in [0.1, 0.15) is 18.3 Å². The van der Waals surface area contributed by atoms with Crippen LogP contribution in [0.4, 0.5) is 5.69 Å². The predicted molar refractivity (Wildman–Crippen MR) is 162 cm³/mol. The molecule has 8 nitrogen and oxygen atoms in total. The van der Waals surface area contributed by atoms with Crippen LogP contribution in [0.1, 0.15) is 43.0 Å². The first kappa shape index (κ1) is 31.7. The highest BCUT2D eigenvalue weighted by Crippen LogP contribution is 2.34. The van der Waals surface area contributed by atoms with Gasteiger partial charge >= 0.3 is 0 Å². The first-order valence-corrected chi connectivity index (χ1v) is 15.1. The molecular formula is C32H41N3O5S. The lowest BCUT2D eigenvalue weighted by atomic mass is 10.1. The van der Waals surface area contributed by atoms with Crippen LogP contribution >= 0.6 is 0 Å². The molecule has 0 aliphatic heterocycles. The minimum atomic E-state index is -4.19. The van der Waals surface area contributed by atoms with Gasteiger partial charge in [-0.25, -0.2) is 8.42 Å². The molecule has 0 saturated heterocycles. The maximum Gasteiger partial charge on any atom is 0.264 e. The normalized spacial score (nSPS) is 12.1. The van der Waals surface area contributed by atoms with Gasteiger partial charge in [0.25, 0.3) is 10.0 Å². The minimum Gasteiger partial charge on any atom is -0.495 e. The number of methoxy groups -OCH3 is 1. The molecule has 1 N–H and O–H groups in total. The Kier molecular flexibility index (Phi) is 10.6. The third-order valence-corrected chi connectivity index (χ3v) is 8.72. The molecule has 0 unspecified atom stereocenters. The molecule has 0 radical (unpaired) electrons. The Morgan fingerprint density at radius 1 is 0.902 bits per heavy atom. The number of carbonyl (C=O) groups excluding carboxylic acids is 2. The Bertz CT molecular complexity index is 1470. The zero-order valence-corrected chi connectivity index (χ0v) is 25.8. The Balaban J connectivity index is 2.09. The summed E-state index contributed by atoms with van der Waals surface area (Å²) in [6.45, 7) is 11.4. The number of carbonyl (C=O) groups is 2. The minimum absolute atomic E-state index is 0.0487. The summed E-state index contributed by atoms with van der Waals surface area (Å²) in [5.41, 5.74) is 3.78. The zero-order chi connectivity index (χ0) is 30.3. The Labute approximate surface area is 244 Å². The zero-order valence-electron chi connectivity index (χ0n) is 25.0. The molecule has 3 rings (SSSR count). The lowest BCUT2D eigenvalue weighted by Crippen LogP contribution is -2.51. The van der Waals surface area contributed by atoms with Gasteiger partial charge in [-0.2, -0.15) is 0 Å². The SMILES string of the molecule is COc1ccc(C)cc1N(CC(=O)N(Cc1ccccc1C)[C@@H](C)C(=O)NCC(C)C)S(=O)(=O)c1ccc(C)cc1. The van der Waals surface area contributed by atoms with E-state index in [2.05, 4.69) is 5.32 Å². The third kappa shape index (κ3) is 7.88. The molecule has 0 aliphatic carbocycles. The molecule has 0 fully saturated rings. The summed E-state index contributed by atoms with van der Waals surface area (Å²) in [7, 11) is -2.74. The van der Waals surface area contributed by atoms with Crippen molar-refractivity contribution in [2.24, 2.45) is 5.92 Å². The largest absolute Gasteiger partial charge is 0.495 e. The van der Waals surface area contributed by atoms with Crippen molar-refractivity contribution >= 4 is 27.5 Å². The lowest BCUT2D eigenvalue weighted by molar-refractivity contribution is -0.139. The Morgan fingerprint density at radius 3 is 2.15 bits per heavy atom. The summed E-state index contributed by atoms with van der Waals surface area (Å²) in [5.74, 6) is -0.274. The number of amides is 2. The molecule has 1 atom stereocenters. The van der Waals surface area contributed by atoms with E-state index in [1.54, 1.807) is 31.2 Å². The van der Waals surface area contributed by atoms with Crippen molar-refractivity contribution in [1.29, 1.82) is 0 Å². The molecule has 3 aromatic rings. The summed E-state index contributed by atoms with van der Waals surface area (Å²) in [5, 5.41) is 2.91. The molecule has 9 heteroatoms. The van der Waals surface area contributed by atoms with E-state index < -0.39 is 28.5 Å². The molecule has 220 valence electrons. The van der Waals surface area contributed by atoms with Crippen LogP contribution in [0.25, 0.3) is 0 Å². The van der Waals surface area contributed by atoms with Crippen LogP contribution in [-0.4, -0.2) is 51.4 Å². The first-order valence-electron chi connectivity index (χ1n) is 13.7. The number of ether oxygens (including phenoxy) is 1. The van der Waals surface area contributed by atoms with Gasteiger partial charge in [-0.3, -0.25) is 13.9 Å². The highest BCUT2D eigenvalue weighted by molar-refractivity contribution is 7.92. The van der Waals surface area contributed by atoms with Crippen molar-refractivity contribution in [3.63, 3.8) is 0 Å². The average molecular weight is 580 g/mol. The van der Waals surface area contributed by atoms with Crippen molar-refractivity contribution < 1.29 is 22.7 Å². The molecule has 0 spiro atoms. The van der Waals surface area contributed by atoms with Crippen LogP contribution in [0.3, 0.4) is 0 Å². The van der Waals surface area contributed by atoms with E-state index in [-0.39, 0.29) is 29.0 Å². The standard InChI is InChI=1S/C32H41N3O5S/c1-22(2)19-33-32(37)26(6)34(20-27-11-9-8-10-25(27)5)31(36)21-35(29-18-24(4)14-17-30(29)40-7)41(38,39)28-15-12-23(3)13-16-28/h8-18,22,26H,19-21H2,1-7H3,(H,33,37)/t26-/m0/s1. The van der Waals surface area contributed by atoms with Crippen LogP contribution in [0.2, 0.25) is 0 Å².